The first-order valence-electron chi connectivity index (χ1n) is 8.37. The monoisotopic (exact) mass is 366 g/mol. The topological polar surface area (TPSA) is 0 Å². The maximum atomic E-state index is 15.0. The van der Waals surface area contributed by atoms with Crippen molar-refractivity contribution in [2.45, 2.75) is 98.3 Å². The van der Waals surface area contributed by atoms with Crippen LogP contribution in [0.4, 0.5) is 2.87 Å². The first-order chi connectivity index (χ1) is 8.68. The van der Waals surface area contributed by atoms with Crippen molar-refractivity contribution in [1.29, 1.82) is 0 Å². The van der Waals surface area contributed by atoms with Gasteiger partial charge in [-0.2, -0.15) is 0 Å². The third kappa shape index (κ3) is 10.6. The van der Waals surface area contributed by atoms with Crippen LogP contribution in [0, 0.1) is 0 Å². The van der Waals surface area contributed by atoms with E-state index >= 15 is 2.87 Å². The molecule has 0 aliphatic heterocycles. The fraction of sp³-hybridized carbons (Fsp3) is 1.00. The van der Waals surface area contributed by atoms with E-state index in [1.54, 1.807) is 0 Å². The molecule has 0 N–H and O–H groups in total. The van der Waals surface area contributed by atoms with Crippen LogP contribution in [0.1, 0.15) is 85.0 Å². The molecule has 18 heavy (non-hydrogen) atoms. The van der Waals surface area contributed by atoms with E-state index in [1.807, 2.05) is 0 Å². The molecule has 0 nitrogen and oxygen atoms in total. The number of rotatable bonds is 13. The van der Waals surface area contributed by atoms with E-state index in [-0.39, 0.29) is 0 Å². The molecule has 0 heterocycles. The summed E-state index contributed by atoms with van der Waals surface area (Å²) < 4.78 is 18.1. The van der Waals surface area contributed by atoms with Gasteiger partial charge in [0.1, 0.15) is 0 Å². The van der Waals surface area contributed by atoms with Crippen molar-refractivity contribution in [3.63, 3.8) is 0 Å². The van der Waals surface area contributed by atoms with Crippen molar-refractivity contribution in [3.05, 3.63) is 0 Å². The fourth-order valence-corrected chi connectivity index (χ4v) is 12.6. The second-order valence-electron chi connectivity index (χ2n) is 5.88. The van der Waals surface area contributed by atoms with Crippen LogP contribution in [0.5, 0.6) is 0 Å². The fourth-order valence-electron chi connectivity index (χ4n) is 2.61. The SMILES string of the molecule is CCCCC[CH2][Sn]([F])([CH2]CCC)[CH2]CCCCC. The predicted octanol–water partition coefficient (Wildman–Crippen LogP) is 6.86. The van der Waals surface area contributed by atoms with Crippen LogP contribution in [-0.4, -0.2) is 18.9 Å². The molecule has 0 unspecified atom stereocenters. The van der Waals surface area contributed by atoms with E-state index in [0.29, 0.717) is 0 Å². The molecule has 0 fully saturated rings. The van der Waals surface area contributed by atoms with Gasteiger partial charge in [0.2, 0.25) is 0 Å². The summed E-state index contributed by atoms with van der Waals surface area (Å²) in [5, 5.41) is 0. The standard InChI is InChI=1S/2C6H13.C4H9.FH.Sn/c2*1-3-5-6-4-2;1-3-4-2;;/h2*1,3-6H2,2H3;1,3-4H2,2H3;1H;/q;;;;+1/p-1. The summed E-state index contributed by atoms with van der Waals surface area (Å²) in [6, 6.07) is 0. The summed E-state index contributed by atoms with van der Waals surface area (Å²) in [7, 11) is 0. The zero-order valence-corrected chi connectivity index (χ0v) is 15.9. The van der Waals surface area contributed by atoms with Crippen molar-refractivity contribution in [1.82, 2.24) is 0 Å². The minimum absolute atomic E-state index is 1.00. The molecular weight excluding hydrogens is 330 g/mol. The average Bonchev–Trinajstić information content (AvgIpc) is 2.38. The molecule has 0 spiro atoms. The molecule has 0 atom stereocenters. The van der Waals surface area contributed by atoms with Gasteiger partial charge in [-0.25, -0.2) is 0 Å². The summed E-state index contributed by atoms with van der Waals surface area (Å²) >= 11 is -3.15. The quantitative estimate of drug-likeness (QED) is 0.247. The molecule has 0 aliphatic carbocycles. The summed E-state index contributed by atoms with van der Waals surface area (Å²) in [6.07, 6.45) is 12.3. The normalized spacial score (nSPS) is 12.0. The average molecular weight is 365 g/mol. The van der Waals surface area contributed by atoms with Crippen LogP contribution in [0.3, 0.4) is 0 Å². The number of unbranched alkanes of at least 4 members (excludes halogenated alkanes) is 7. The van der Waals surface area contributed by atoms with Gasteiger partial charge < -0.3 is 0 Å². The summed E-state index contributed by atoms with van der Waals surface area (Å²) in [5.41, 5.74) is 0. The first-order valence-corrected chi connectivity index (χ1v) is 15.5. The molecule has 0 radical (unpaired) electrons. The molecule has 0 saturated carbocycles. The van der Waals surface area contributed by atoms with E-state index in [4.69, 9.17) is 0 Å². The van der Waals surface area contributed by atoms with Crippen LogP contribution in [0.2, 0.25) is 13.3 Å². The molecule has 0 bridgehead atoms. The van der Waals surface area contributed by atoms with E-state index in [2.05, 4.69) is 20.8 Å². The van der Waals surface area contributed by atoms with Gasteiger partial charge in [0.05, 0.1) is 0 Å². The molecular formula is C16H35FSn. The van der Waals surface area contributed by atoms with Gasteiger partial charge in [0, 0.05) is 0 Å². The zero-order valence-electron chi connectivity index (χ0n) is 13.1. The summed E-state index contributed by atoms with van der Waals surface area (Å²) in [5.74, 6) is 0. The van der Waals surface area contributed by atoms with Gasteiger partial charge in [-0.3, -0.25) is 0 Å². The predicted molar refractivity (Wildman–Crippen MR) is 84.5 cm³/mol. The molecule has 0 rings (SSSR count). The van der Waals surface area contributed by atoms with Crippen LogP contribution in [-0.2, 0) is 0 Å². The Labute approximate surface area is 120 Å². The first kappa shape index (κ1) is 18.7. The van der Waals surface area contributed by atoms with Crippen LogP contribution >= 0.6 is 0 Å². The van der Waals surface area contributed by atoms with Crippen molar-refractivity contribution in [2.24, 2.45) is 0 Å². The Morgan fingerprint density at radius 1 is 0.556 bits per heavy atom. The van der Waals surface area contributed by atoms with Crippen molar-refractivity contribution >= 4 is 18.9 Å². The van der Waals surface area contributed by atoms with E-state index < -0.39 is 18.9 Å². The Hall–Kier alpha value is 0.729. The third-order valence-electron chi connectivity index (χ3n) is 3.94. The molecule has 0 saturated heterocycles. The molecule has 0 aromatic heterocycles. The number of halogens is 1. The van der Waals surface area contributed by atoms with Gasteiger partial charge in [0.15, 0.2) is 0 Å². The van der Waals surface area contributed by atoms with Crippen molar-refractivity contribution in [2.75, 3.05) is 0 Å². The second kappa shape index (κ2) is 12.7. The zero-order chi connectivity index (χ0) is 13.7. The van der Waals surface area contributed by atoms with Crippen LogP contribution in [0.15, 0.2) is 0 Å². The maximum absolute atomic E-state index is 15.0. The van der Waals surface area contributed by atoms with Gasteiger partial charge in [0.25, 0.3) is 0 Å². The van der Waals surface area contributed by atoms with E-state index in [9.17, 15) is 0 Å². The Balaban J connectivity index is 3.90. The van der Waals surface area contributed by atoms with Gasteiger partial charge in [-0.15, -0.1) is 0 Å². The van der Waals surface area contributed by atoms with Gasteiger partial charge in [-0.1, -0.05) is 0 Å². The van der Waals surface area contributed by atoms with Crippen LogP contribution < -0.4 is 0 Å². The number of hydrogen-bond donors (Lipinski definition) is 0. The van der Waals surface area contributed by atoms with Crippen LogP contribution in [0.25, 0.3) is 0 Å². The molecule has 0 amide bonds. The van der Waals surface area contributed by atoms with Crippen molar-refractivity contribution in [3.8, 4) is 0 Å². The third-order valence-corrected chi connectivity index (χ3v) is 14.6. The molecule has 0 aliphatic rings. The molecule has 0 aromatic rings. The summed E-state index contributed by atoms with van der Waals surface area (Å²) in [6.45, 7) is 6.65. The minimum atomic E-state index is -3.15. The molecule has 2 heteroatoms. The molecule has 110 valence electrons. The van der Waals surface area contributed by atoms with E-state index in [1.165, 1.54) is 57.8 Å². The molecule has 0 aromatic carbocycles. The van der Waals surface area contributed by atoms with Gasteiger partial charge >= 0.3 is 120 Å². The summed E-state index contributed by atoms with van der Waals surface area (Å²) in [4.78, 5) is 0. The van der Waals surface area contributed by atoms with E-state index in [0.717, 1.165) is 19.7 Å². The van der Waals surface area contributed by atoms with Crippen molar-refractivity contribution < 1.29 is 2.87 Å². The Bertz CT molecular complexity index is 158. The Kier molecular flexibility index (Phi) is 13.3. The van der Waals surface area contributed by atoms with Gasteiger partial charge in [-0.05, 0) is 0 Å². The second-order valence-corrected chi connectivity index (χ2v) is 16.7. The Morgan fingerprint density at radius 2 is 0.944 bits per heavy atom. The number of hydrogen-bond acceptors (Lipinski definition) is 0. The Morgan fingerprint density at radius 3 is 1.33 bits per heavy atom.